The zero-order valence-electron chi connectivity index (χ0n) is 9.72. The molecule has 0 fully saturated rings. The van der Waals surface area contributed by atoms with Crippen LogP contribution >= 0.6 is 11.5 Å². The van der Waals surface area contributed by atoms with Crippen LogP contribution in [0.5, 0.6) is 5.75 Å². The second-order valence-corrected chi connectivity index (χ2v) is 4.20. The van der Waals surface area contributed by atoms with Gasteiger partial charge in [0, 0.05) is 5.38 Å². The highest BCUT2D eigenvalue weighted by Crippen LogP contribution is 2.24. The summed E-state index contributed by atoms with van der Waals surface area (Å²) >= 11 is 1.36. The Labute approximate surface area is 105 Å². The molecule has 0 aliphatic rings. The van der Waals surface area contributed by atoms with Gasteiger partial charge in [-0.1, -0.05) is 23.5 Å². The molecule has 1 N–H and O–H groups in total. The molecule has 17 heavy (non-hydrogen) atoms. The van der Waals surface area contributed by atoms with Crippen LogP contribution in [0, 0.1) is 0 Å². The Hall–Kier alpha value is -1.62. The van der Waals surface area contributed by atoms with Gasteiger partial charge in [-0.25, -0.2) is 0 Å². The van der Waals surface area contributed by atoms with Crippen molar-refractivity contribution in [2.24, 2.45) is 0 Å². The van der Waals surface area contributed by atoms with Crippen molar-refractivity contribution in [2.45, 2.75) is 19.9 Å². The number of nitrogens with one attached hydrogen (secondary N) is 1. The third-order valence-corrected chi connectivity index (χ3v) is 2.77. The highest BCUT2D eigenvalue weighted by Gasteiger charge is 2.03. The van der Waals surface area contributed by atoms with E-state index in [0.717, 1.165) is 30.2 Å². The molecular formula is C12H15N3OS. The first-order chi connectivity index (χ1) is 8.40. The fraction of sp³-hybridized carbons (Fsp3) is 0.333. The molecule has 0 saturated heterocycles. The van der Waals surface area contributed by atoms with Crippen molar-refractivity contribution < 1.29 is 4.74 Å². The number of benzene rings is 1. The van der Waals surface area contributed by atoms with Crippen LogP contribution in [-0.4, -0.2) is 16.2 Å². The van der Waals surface area contributed by atoms with E-state index in [9.17, 15) is 0 Å². The zero-order valence-corrected chi connectivity index (χ0v) is 10.5. The van der Waals surface area contributed by atoms with Crippen LogP contribution in [-0.2, 0) is 6.54 Å². The van der Waals surface area contributed by atoms with Gasteiger partial charge in [0.25, 0.3) is 0 Å². The lowest BCUT2D eigenvalue weighted by Gasteiger charge is -2.11. The molecule has 2 rings (SSSR count). The van der Waals surface area contributed by atoms with E-state index < -0.39 is 0 Å². The second-order valence-electron chi connectivity index (χ2n) is 3.59. The first-order valence-corrected chi connectivity index (χ1v) is 6.45. The van der Waals surface area contributed by atoms with Gasteiger partial charge in [-0.2, -0.15) is 0 Å². The van der Waals surface area contributed by atoms with Crippen LogP contribution in [0.3, 0.4) is 0 Å². The summed E-state index contributed by atoms with van der Waals surface area (Å²) in [7, 11) is 0. The van der Waals surface area contributed by atoms with E-state index in [4.69, 9.17) is 4.74 Å². The minimum atomic E-state index is 0.670. The highest BCUT2D eigenvalue weighted by atomic mass is 32.1. The number of anilines is 1. The average molecular weight is 249 g/mol. The molecule has 90 valence electrons. The molecule has 0 unspecified atom stereocenters. The van der Waals surface area contributed by atoms with E-state index in [0.29, 0.717) is 6.54 Å². The molecule has 0 amide bonds. The maximum Gasteiger partial charge on any atom is 0.142 e. The lowest BCUT2D eigenvalue weighted by molar-refractivity contribution is 0.319. The summed E-state index contributed by atoms with van der Waals surface area (Å²) in [6, 6.07) is 7.93. The van der Waals surface area contributed by atoms with Gasteiger partial charge in [0.1, 0.15) is 5.75 Å². The van der Waals surface area contributed by atoms with Gasteiger partial charge in [0.15, 0.2) is 0 Å². The monoisotopic (exact) mass is 249 g/mol. The van der Waals surface area contributed by atoms with Crippen molar-refractivity contribution >= 4 is 17.2 Å². The minimum Gasteiger partial charge on any atom is -0.491 e. The van der Waals surface area contributed by atoms with Crippen LogP contribution in [0.2, 0.25) is 0 Å². The van der Waals surface area contributed by atoms with E-state index >= 15 is 0 Å². The van der Waals surface area contributed by atoms with E-state index in [2.05, 4.69) is 21.8 Å². The molecule has 0 bridgehead atoms. The largest absolute Gasteiger partial charge is 0.491 e. The minimum absolute atomic E-state index is 0.670. The number of ether oxygens (including phenoxy) is 1. The summed E-state index contributed by atoms with van der Waals surface area (Å²) in [6.07, 6.45) is 1.00. The molecule has 0 aliphatic carbocycles. The molecule has 0 aliphatic heterocycles. The first-order valence-electron chi connectivity index (χ1n) is 5.61. The van der Waals surface area contributed by atoms with Crippen molar-refractivity contribution in [3.63, 3.8) is 0 Å². The zero-order chi connectivity index (χ0) is 11.9. The normalized spacial score (nSPS) is 10.2. The molecule has 4 nitrogen and oxygen atoms in total. The Bertz CT molecular complexity index is 445. The average Bonchev–Trinajstić information content (AvgIpc) is 2.88. The Kier molecular flexibility index (Phi) is 4.32. The van der Waals surface area contributed by atoms with Crippen molar-refractivity contribution in [1.29, 1.82) is 0 Å². The number of aromatic nitrogens is 2. The summed E-state index contributed by atoms with van der Waals surface area (Å²) in [4.78, 5) is 0. The molecule has 1 heterocycles. The fourth-order valence-electron chi connectivity index (χ4n) is 1.40. The number of para-hydroxylation sites is 2. The summed E-state index contributed by atoms with van der Waals surface area (Å²) in [5.74, 6) is 0.887. The maximum atomic E-state index is 5.66. The van der Waals surface area contributed by atoms with Gasteiger partial charge in [-0.15, -0.1) is 5.10 Å². The fourth-order valence-corrected chi connectivity index (χ4v) is 1.85. The van der Waals surface area contributed by atoms with E-state index in [1.54, 1.807) is 0 Å². The second kappa shape index (κ2) is 6.20. The molecule has 0 radical (unpaired) electrons. The molecular weight excluding hydrogens is 234 g/mol. The van der Waals surface area contributed by atoms with Gasteiger partial charge >= 0.3 is 0 Å². The van der Waals surface area contributed by atoms with Crippen molar-refractivity contribution in [2.75, 3.05) is 11.9 Å². The molecule has 0 spiro atoms. The van der Waals surface area contributed by atoms with E-state index in [1.165, 1.54) is 11.5 Å². The quantitative estimate of drug-likeness (QED) is 0.855. The number of nitrogens with zero attached hydrogens (tertiary/aromatic N) is 2. The van der Waals surface area contributed by atoms with Gasteiger partial charge in [0.2, 0.25) is 0 Å². The third kappa shape index (κ3) is 3.42. The summed E-state index contributed by atoms with van der Waals surface area (Å²) < 4.78 is 9.49. The number of rotatable bonds is 6. The Morgan fingerprint density at radius 1 is 1.35 bits per heavy atom. The van der Waals surface area contributed by atoms with Crippen molar-refractivity contribution in [1.82, 2.24) is 9.59 Å². The predicted octanol–water partition coefficient (Wildman–Crippen LogP) is 2.94. The first kappa shape index (κ1) is 11.9. The highest BCUT2D eigenvalue weighted by molar-refractivity contribution is 7.03. The predicted molar refractivity (Wildman–Crippen MR) is 69.5 cm³/mol. The third-order valence-electron chi connectivity index (χ3n) is 2.21. The summed E-state index contributed by atoms with van der Waals surface area (Å²) in [5, 5.41) is 9.23. The lowest BCUT2D eigenvalue weighted by Crippen LogP contribution is -2.03. The smallest absolute Gasteiger partial charge is 0.142 e. The Morgan fingerprint density at radius 3 is 3.00 bits per heavy atom. The summed E-state index contributed by atoms with van der Waals surface area (Å²) in [6.45, 7) is 3.50. The molecule has 0 atom stereocenters. The van der Waals surface area contributed by atoms with Crippen LogP contribution in [0.15, 0.2) is 29.6 Å². The van der Waals surface area contributed by atoms with Gasteiger partial charge in [-0.05, 0) is 30.1 Å². The number of hydrogen-bond donors (Lipinski definition) is 1. The topological polar surface area (TPSA) is 47.0 Å². The van der Waals surface area contributed by atoms with Gasteiger partial charge in [-0.3, -0.25) is 0 Å². The van der Waals surface area contributed by atoms with Gasteiger partial charge < -0.3 is 10.1 Å². The SMILES string of the molecule is CCCOc1ccccc1NCc1csnn1. The summed E-state index contributed by atoms with van der Waals surface area (Å²) in [5.41, 5.74) is 1.94. The molecule has 0 saturated carbocycles. The Morgan fingerprint density at radius 2 is 2.24 bits per heavy atom. The standard InChI is InChI=1S/C12H15N3OS/c1-2-7-16-12-6-4-3-5-11(12)13-8-10-9-17-15-14-10/h3-6,9,13H,2,7-8H2,1H3. The Balaban J connectivity index is 1.99. The molecule has 1 aromatic carbocycles. The molecule has 1 aromatic heterocycles. The van der Waals surface area contributed by atoms with Crippen LogP contribution < -0.4 is 10.1 Å². The van der Waals surface area contributed by atoms with Crippen LogP contribution in [0.1, 0.15) is 19.0 Å². The van der Waals surface area contributed by atoms with Crippen LogP contribution in [0.25, 0.3) is 0 Å². The van der Waals surface area contributed by atoms with E-state index in [1.807, 2.05) is 29.6 Å². The van der Waals surface area contributed by atoms with Crippen molar-refractivity contribution in [3.05, 3.63) is 35.3 Å². The molecule has 5 heteroatoms. The van der Waals surface area contributed by atoms with E-state index in [-0.39, 0.29) is 0 Å². The number of hydrogen-bond acceptors (Lipinski definition) is 5. The maximum absolute atomic E-state index is 5.66. The van der Waals surface area contributed by atoms with Crippen LogP contribution in [0.4, 0.5) is 5.69 Å². The van der Waals surface area contributed by atoms with Crippen molar-refractivity contribution in [3.8, 4) is 5.75 Å². The lowest BCUT2D eigenvalue weighted by atomic mass is 10.3. The van der Waals surface area contributed by atoms with Gasteiger partial charge in [0.05, 0.1) is 24.5 Å². The molecule has 2 aromatic rings.